The summed E-state index contributed by atoms with van der Waals surface area (Å²) in [5.41, 5.74) is 7.35. The van der Waals surface area contributed by atoms with Gasteiger partial charge in [0.15, 0.2) is 0 Å². The number of amides is 2. The summed E-state index contributed by atoms with van der Waals surface area (Å²) in [6.07, 6.45) is 0. The number of nitrogens with one attached hydrogen (secondary N) is 2. The predicted octanol–water partition coefficient (Wildman–Crippen LogP) is 1.30. The van der Waals surface area contributed by atoms with Gasteiger partial charge in [-0.15, -0.1) is 0 Å². The van der Waals surface area contributed by atoms with Gasteiger partial charge in [0.05, 0.1) is 5.56 Å². The number of rotatable bonds is 6. The molecule has 0 radical (unpaired) electrons. The first-order valence-electron chi connectivity index (χ1n) is 7.09. The molecule has 0 aliphatic heterocycles. The smallest absolute Gasteiger partial charge is 0.253 e. The first kappa shape index (κ1) is 16.8. The molecule has 6 heteroatoms. The molecule has 0 saturated carbocycles. The summed E-state index contributed by atoms with van der Waals surface area (Å²) < 4.78 is 0. The molecule has 6 nitrogen and oxygen atoms in total. The average Bonchev–Trinajstić information content (AvgIpc) is 2.45. The van der Waals surface area contributed by atoms with E-state index in [-0.39, 0.29) is 11.8 Å². The van der Waals surface area contributed by atoms with Crippen molar-refractivity contribution in [3.63, 3.8) is 0 Å². The van der Waals surface area contributed by atoms with Crippen molar-refractivity contribution < 1.29 is 9.59 Å². The molecule has 0 fully saturated rings. The van der Waals surface area contributed by atoms with Crippen LogP contribution >= 0.6 is 0 Å². The monoisotopic (exact) mass is 292 g/mol. The first-order valence-corrected chi connectivity index (χ1v) is 7.09. The van der Waals surface area contributed by atoms with Crippen LogP contribution in [0.25, 0.3) is 0 Å². The Morgan fingerprint density at radius 2 is 2.00 bits per heavy atom. The Morgan fingerprint density at radius 1 is 1.33 bits per heavy atom. The summed E-state index contributed by atoms with van der Waals surface area (Å²) in [5, 5.41) is 5.82. The second-order valence-electron chi connectivity index (χ2n) is 4.88. The highest BCUT2D eigenvalue weighted by Crippen LogP contribution is 2.20. The van der Waals surface area contributed by atoms with Crippen molar-refractivity contribution in [2.75, 3.05) is 31.2 Å². The van der Waals surface area contributed by atoms with Crippen molar-refractivity contribution >= 4 is 23.2 Å². The number of hydrogen-bond acceptors (Lipinski definition) is 4. The molecular weight excluding hydrogens is 268 g/mol. The zero-order chi connectivity index (χ0) is 16.0. The highest BCUT2D eigenvalue weighted by atomic mass is 16.2. The molecule has 1 atom stereocenters. The lowest BCUT2D eigenvalue weighted by molar-refractivity contribution is -0.130. The molecule has 1 aromatic carbocycles. The lowest BCUT2D eigenvalue weighted by Crippen LogP contribution is -2.39. The topological polar surface area (TPSA) is 87.5 Å². The molecule has 0 heterocycles. The van der Waals surface area contributed by atoms with E-state index in [1.807, 2.05) is 13.8 Å². The number of hydrogen-bond donors (Lipinski definition) is 3. The summed E-state index contributed by atoms with van der Waals surface area (Å²) in [7, 11) is 1.74. The standard InChI is InChI=1S/C15H24N4O2/c1-5-17-14(20)12-8-7-11(16)9-13(12)18-10(3)15(21)19(4)6-2/h7-10,18H,5-6,16H2,1-4H3,(H,17,20). The number of anilines is 2. The summed E-state index contributed by atoms with van der Waals surface area (Å²) in [4.78, 5) is 25.8. The Bertz CT molecular complexity index is 516. The number of benzene rings is 1. The second-order valence-corrected chi connectivity index (χ2v) is 4.88. The minimum Gasteiger partial charge on any atom is -0.399 e. The molecule has 1 unspecified atom stereocenters. The molecule has 0 saturated heterocycles. The maximum Gasteiger partial charge on any atom is 0.253 e. The molecule has 1 rings (SSSR count). The van der Waals surface area contributed by atoms with Crippen LogP contribution in [0, 0.1) is 0 Å². The van der Waals surface area contributed by atoms with Crippen molar-refractivity contribution in [1.82, 2.24) is 10.2 Å². The molecule has 0 spiro atoms. The number of nitrogens with zero attached hydrogens (tertiary/aromatic N) is 1. The van der Waals surface area contributed by atoms with Gasteiger partial charge >= 0.3 is 0 Å². The van der Waals surface area contributed by atoms with Crippen LogP contribution in [0.1, 0.15) is 31.1 Å². The van der Waals surface area contributed by atoms with Crippen molar-refractivity contribution in [1.29, 1.82) is 0 Å². The SMILES string of the molecule is CCNC(=O)c1ccc(N)cc1NC(C)C(=O)N(C)CC. The van der Waals surface area contributed by atoms with Gasteiger partial charge in [0.25, 0.3) is 5.91 Å². The quantitative estimate of drug-likeness (QED) is 0.690. The molecule has 0 bridgehead atoms. The summed E-state index contributed by atoms with van der Waals surface area (Å²) in [6.45, 7) is 6.69. The Morgan fingerprint density at radius 3 is 2.57 bits per heavy atom. The van der Waals surface area contributed by atoms with E-state index in [1.165, 1.54) is 0 Å². The van der Waals surface area contributed by atoms with Crippen LogP contribution in [0.4, 0.5) is 11.4 Å². The van der Waals surface area contributed by atoms with Crippen molar-refractivity contribution in [2.24, 2.45) is 0 Å². The molecule has 116 valence electrons. The summed E-state index contributed by atoms with van der Waals surface area (Å²) in [6, 6.07) is 4.55. The molecule has 1 aromatic rings. The summed E-state index contributed by atoms with van der Waals surface area (Å²) >= 11 is 0. The second kappa shape index (κ2) is 7.52. The highest BCUT2D eigenvalue weighted by molar-refractivity contribution is 6.01. The first-order chi connectivity index (χ1) is 9.90. The lowest BCUT2D eigenvalue weighted by atomic mass is 10.1. The average molecular weight is 292 g/mol. The van der Waals surface area contributed by atoms with Gasteiger partial charge in [0.1, 0.15) is 6.04 Å². The van der Waals surface area contributed by atoms with Gasteiger partial charge < -0.3 is 21.3 Å². The number of carbonyl (C=O) groups is 2. The van der Waals surface area contributed by atoms with E-state index in [2.05, 4.69) is 10.6 Å². The molecule has 0 aromatic heterocycles. The van der Waals surface area contributed by atoms with Gasteiger partial charge in [0.2, 0.25) is 5.91 Å². The van der Waals surface area contributed by atoms with Crippen molar-refractivity contribution in [3.8, 4) is 0 Å². The van der Waals surface area contributed by atoms with Gasteiger partial charge in [-0.3, -0.25) is 9.59 Å². The van der Waals surface area contributed by atoms with E-state index in [9.17, 15) is 9.59 Å². The minimum absolute atomic E-state index is 0.0400. The van der Waals surface area contributed by atoms with Crippen LogP contribution in [0.2, 0.25) is 0 Å². The number of nitrogens with two attached hydrogens (primary N) is 1. The third-order valence-electron chi connectivity index (χ3n) is 3.22. The Labute approximate surface area is 125 Å². The maximum atomic E-state index is 12.1. The van der Waals surface area contributed by atoms with Crippen LogP contribution in [0.5, 0.6) is 0 Å². The van der Waals surface area contributed by atoms with Crippen LogP contribution in [0.3, 0.4) is 0 Å². The van der Waals surface area contributed by atoms with E-state index >= 15 is 0 Å². The number of likely N-dealkylation sites (N-methyl/N-ethyl adjacent to an activating group) is 1. The zero-order valence-corrected chi connectivity index (χ0v) is 13.1. The van der Waals surface area contributed by atoms with Crippen LogP contribution in [0.15, 0.2) is 18.2 Å². The third-order valence-corrected chi connectivity index (χ3v) is 3.22. The Kier molecular flexibility index (Phi) is 6.02. The van der Waals surface area contributed by atoms with E-state index in [0.29, 0.717) is 30.0 Å². The van der Waals surface area contributed by atoms with Gasteiger partial charge in [0, 0.05) is 31.5 Å². The molecule has 21 heavy (non-hydrogen) atoms. The molecule has 4 N–H and O–H groups in total. The van der Waals surface area contributed by atoms with Crippen molar-refractivity contribution in [3.05, 3.63) is 23.8 Å². The largest absolute Gasteiger partial charge is 0.399 e. The van der Waals surface area contributed by atoms with Gasteiger partial charge in [-0.25, -0.2) is 0 Å². The van der Waals surface area contributed by atoms with Gasteiger partial charge in [-0.1, -0.05) is 0 Å². The van der Waals surface area contributed by atoms with E-state index in [0.717, 1.165) is 0 Å². The minimum atomic E-state index is -0.440. The predicted molar refractivity (Wildman–Crippen MR) is 85.3 cm³/mol. The molecular formula is C15H24N4O2. The van der Waals surface area contributed by atoms with Crippen LogP contribution in [-0.4, -0.2) is 42.9 Å². The van der Waals surface area contributed by atoms with Gasteiger partial charge in [-0.05, 0) is 39.0 Å². The molecule has 2 amide bonds. The normalized spacial score (nSPS) is 11.6. The van der Waals surface area contributed by atoms with E-state index < -0.39 is 6.04 Å². The highest BCUT2D eigenvalue weighted by Gasteiger charge is 2.19. The fourth-order valence-electron chi connectivity index (χ4n) is 1.92. The lowest BCUT2D eigenvalue weighted by Gasteiger charge is -2.22. The molecule has 0 aliphatic carbocycles. The van der Waals surface area contributed by atoms with E-state index in [4.69, 9.17) is 5.73 Å². The fraction of sp³-hybridized carbons (Fsp3) is 0.467. The Hall–Kier alpha value is -2.24. The third kappa shape index (κ3) is 4.37. The van der Waals surface area contributed by atoms with Crippen LogP contribution in [-0.2, 0) is 4.79 Å². The summed E-state index contributed by atoms with van der Waals surface area (Å²) in [5.74, 6) is -0.231. The molecule has 0 aliphatic rings. The van der Waals surface area contributed by atoms with Crippen molar-refractivity contribution in [2.45, 2.75) is 26.8 Å². The zero-order valence-electron chi connectivity index (χ0n) is 13.1. The maximum absolute atomic E-state index is 12.1. The van der Waals surface area contributed by atoms with Crippen LogP contribution < -0.4 is 16.4 Å². The number of carbonyl (C=O) groups excluding carboxylic acids is 2. The fourth-order valence-corrected chi connectivity index (χ4v) is 1.92. The van der Waals surface area contributed by atoms with Gasteiger partial charge in [-0.2, -0.15) is 0 Å². The Balaban J connectivity index is 2.98. The van der Waals surface area contributed by atoms with E-state index in [1.54, 1.807) is 37.1 Å². The number of nitrogen functional groups attached to an aromatic ring is 1.